The summed E-state index contributed by atoms with van der Waals surface area (Å²) in [5, 5.41) is 3.18. The Morgan fingerprint density at radius 2 is 1.85 bits per heavy atom. The summed E-state index contributed by atoms with van der Waals surface area (Å²) in [5.74, 6) is -0.766. The van der Waals surface area contributed by atoms with E-state index in [1.54, 1.807) is 30.3 Å². The second-order valence-corrected chi connectivity index (χ2v) is 8.50. The van der Waals surface area contributed by atoms with Crippen LogP contribution in [0, 0.1) is 11.7 Å². The summed E-state index contributed by atoms with van der Waals surface area (Å²) in [6.07, 6.45) is 0. The lowest BCUT2D eigenvalue weighted by atomic mass is 10.0. The van der Waals surface area contributed by atoms with Crippen molar-refractivity contribution in [3.8, 4) is 22.5 Å². The molecule has 6 nitrogen and oxygen atoms in total. The number of nitrogens with one attached hydrogen (secondary N) is 1. The minimum Gasteiger partial charge on any atom is -0.462 e. The number of furan rings is 1. The minimum atomic E-state index is -0.436. The van der Waals surface area contributed by atoms with Gasteiger partial charge in [-0.2, -0.15) is 0 Å². The largest absolute Gasteiger partial charge is 0.462 e. The van der Waals surface area contributed by atoms with Gasteiger partial charge in [0.05, 0.1) is 23.1 Å². The number of nitrogens with zero attached hydrogens (tertiary/aromatic N) is 1. The highest BCUT2D eigenvalue weighted by Gasteiger charge is 2.24. The summed E-state index contributed by atoms with van der Waals surface area (Å²) in [7, 11) is 1.51. The number of halogens is 2. The number of hydrogen-bond acceptors (Lipinski definition) is 5. The van der Waals surface area contributed by atoms with Crippen LogP contribution in [0.1, 0.15) is 34.6 Å². The average Bonchev–Trinajstić information content (AvgIpc) is 3.20. The normalized spacial score (nSPS) is 11.1. The second kappa shape index (κ2) is 9.65. The zero-order valence-corrected chi connectivity index (χ0v) is 19.6. The van der Waals surface area contributed by atoms with Gasteiger partial charge in [-0.25, -0.2) is 14.2 Å². The summed E-state index contributed by atoms with van der Waals surface area (Å²) in [4.78, 5) is 29.6. The van der Waals surface area contributed by atoms with Crippen LogP contribution in [0.5, 0.6) is 0 Å². The van der Waals surface area contributed by atoms with E-state index in [0.29, 0.717) is 34.2 Å². The molecule has 0 aliphatic carbocycles. The van der Waals surface area contributed by atoms with Crippen molar-refractivity contribution < 1.29 is 23.1 Å². The van der Waals surface area contributed by atoms with Crippen molar-refractivity contribution in [1.29, 1.82) is 0 Å². The maximum Gasteiger partial charge on any atom is 0.338 e. The number of pyridine rings is 1. The van der Waals surface area contributed by atoms with Gasteiger partial charge < -0.3 is 14.5 Å². The fourth-order valence-electron chi connectivity index (χ4n) is 3.50. The van der Waals surface area contributed by atoms with Crippen LogP contribution in [-0.2, 0) is 4.74 Å². The Morgan fingerprint density at radius 3 is 2.53 bits per heavy atom. The van der Waals surface area contributed by atoms with Gasteiger partial charge in [-0.15, -0.1) is 0 Å². The molecular formula is C26H22ClFN2O4. The summed E-state index contributed by atoms with van der Waals surface area (Å²) < 4.78 is 24.6. The zero-order chi connectivity index (χ0) is 24.4. The number of aromatic nitrogens is 1. The van der Waals surface area contributed by atoms with E-state index in [1.165, 1.54) is 31.3 Å². The molecule has 4 rings (SSSR count). The molecule has 0 bridgehead atoms. The lowest BCUT2D eigenvalue weighted by Crippen LogP contribution is -2.18. The summed E-state index contributed by atoms with van der Waals surface area (Å²) >= 11 is 6.48. The number of carbonyl (C=O) groups excluding carboxylic acids is 2. The molecule has 34 heavy (non-hydrogen) atoms. The van der Waals surface area contributed by atoms with E-state index in [0.717, 1.165) is 0 Å². The first-order chi connectivity index (χ1) is 16.3. The molecule has 0 saturated heterocycles. The third-order valence-corrected chi connectivity index (χ3v) is 5.44. The van der Waals surface area contributed by atoms with E-state index in [-0.39, 0.29) is 34.0 Å². The molecule has 1 amide bonds. The van der Waals surface area contributed by atoms with E-state index >= 15 is 0 Å². The fraction of sp³-hybridized carbons (Fsp3) is 0.192. The van der Waals surface area contributed by atoms with Crippen LogP contribution in [0.2, 0.25) is 5.15 Å². The number of amides is 1. The first-order valence-electron chi connectivity index (χ1n) is 10.7. The van der Waals surface area contributed by atoms with Gasteiger partial charge in [-0.3, -0.25) is 4.79 Å². The lowest BCUT2D eigenvalue weighted by Gasteiger charge is -2.09. The second-order valence-electron chi connectivity index (χ2n) is 8.14. The van der Waals surface area contributed by atoms with Crippen LogP contribution in [0.25, 0.3) is 33.6 Å². The number of hydrogen-bond donors (Lipinski definition) is 1. The topological polar surface area (TPSA) is 81.4 Å². The molecule has 0 atom stereocenters. The number of ether oxygens (including phenoxy) is 1. The lowest BCUT2D eigenvalue weighted by molar-refractivity contribution is 0.0459. The van der Waals surface area contributed by atoms with Crippen molar-refractivity contribution in [2.24, 2.45) is 5.92 Å². The van der Waals surface area contributed by atoms with Crippen LogP contribution >= 0.6 is 11.6 Å². The van der Waals surface area contributed by atoms with Gasteiger partial charge in [0.2, 0.25) is 5.71 Å². The fourth-order valence-corrected chi connectivity index (χ4v) is 3.74. The molecule has 0 saturated carbocycles. The molecule has 0 aliphatic rings. The van der Waals surface area contributed by atoms with Crippen molar-refractivity contribution in [3.63, 3.8) is 0 Å². The highest BCUT2D eigenvalue weighted by Crippen LogP contribution is 2.37. The number of fused-ring (bicyclic) bond motifs is 1. The molecule has 2 heterocycles. The Morgan fingerprint density at radius 1 is 1.12 bits per heavy atom. The molecule has 0 aliphatic heterocycles. The number of esters is 1. The number of carbonyl (C=O) groups is 2. The molecule has 0 radical (unpaired) electrons. The molecule has 0 spiro atoms. The molecule has 8 heteroatoms. The Bertz CT molecular complexity index is 1380. The van der Waals surface area contributed by atoms with Crippen molar-refractivity contribution >= 4 is 34.6 Å². The highest BCUT2D eigenvalue weighted by atomic mass is 35.5. The Hall–Kier alpha value is -3.71. The molecule has 2 aromatic carbocycles. The molecule has 0 fully saturated rings. The Labute approximate surface area is 200 Å². The maximum atomic E-state index is 13.4. The van der Waals surface area contributed by atoms with Crippen LogP contribution in [0.3, 0.4) is 0 Å². The van der Waals surface area contributed by atoms with Gasteiger partial charge >= 0.3 is 5.97 Å². The van der Waals surface area contributed by atoms with E-state index in [9.17, 15) is 14.0 Å². The predicted molar refractivity (Wildman–Crippen MR) is 128 cm³/mol. The van der Waals surface area contributed by atoms with Gasteiger partial charge in [0.25, 0.3) is 5.91 Å². The quantitative estimate of drug-likeness (QED) is 0.265. The molecular weight excluding hydrogens is 459 g/mol. The van der Waals surface area contributed by atoms with E-state index < -0.39 is 11.8 Å². The summed E-state index contributed by atoms with van der Waals surface area (Å²) in [6.45, 7) is 4.23. The molecule has 174 valence electrons. The predicted octanol–water partition coefficient (Wildman–Crippen LogP) is 6.13. The number of benzene rings is 2. The third kappa shape index (κ3) is 4.65. The molecule has 4 aromatic rings. The Balaban J connectivity index is 1.84. The van der Waals surface area contributed by atoms with Crippen LogP contribution < -0.4 is 5.32 Å². The first-order valence-corrected chi connectivity index (χ1v) is 11.0. The van der Waals surface area contributed by atoms with Crippen LogP contribution in [-0.4, -0.2) is 30.5 Å². The maximum absolute atomic E-state index is 13.4. The highest BCUT2D eigenvalue weighted by molar-refractivity contribution is 6.32. The smallest absolute Gasteiger partial charge is 0.338 e. The van der Waals surface area contributed by atoms with E-state index in [4.69, 9.17) is 20.8 Å². The summed E-state index contributed by atoms with van der Waals surface area (Å²) in [5.41, 5.74) is 2.46. The molecule has 2 aromatic heterocycles. The standard InChI is InChI=1S/C26H22ClFN2O4/c1-14(2)13-33-26(32)17-6-4-5-16(11-17)19-12-20-21(24(31)29-3)22(34-25(20)30-23(19)27)15-7-9-18(28)10-8-15/h4-12,14H,13H2,1-3H3,(H,29,31). The van der Waals surface area contributed by atoms with Crippen molar-refractivity contribution in [1.82, 2.24) is 10.3 Å². The van der Waals surface area contributed by atoms with E-state index in [2.05, 4.69) is 10.3 Å². The van der Waals surface area contributed by atoms with Crippen molar-refractivity contribution in [2.75, 3.05) is 13.7 Å². The summed E-state index contributed by atoms with van der Waals surface area (Å²) in [6, 6.07) is 14.1. The Kier molecular flexibility index (Phi) is 6.65. The van der Waals surface area contributed by atoms with Crippen LogP contribution in [0.15, 0.2) is 59.0 Å². The molecule has 0 unspecified atom stereocenters. The van der Waals surface area contributed by atoms with Crippen molar-refractivity contribution in [2.45, 2.75) is 13.8 Å². The monoisotopic (exact) mass is 480 g/mol. The van der Waals surface area contributed by atoms with Gasteiger partial charge in [-0.05, 0) is 53.9 Å². The third-order valence-electron chi connectivity index (χ3n) is 5.15. The first kappa shape index (κ1) is 23.4. The zero-order valence-electron chi connectivity index (χ0n) is 18.8. The van der Waals surface area contributed by atoms with Gasteiger partial charge in [0.15, 0.2) is 0 Å². The van der Waals surface area contributed by atoms with E-state index in [1.807, 2.05) is 13.8 Å². The average molecular weight is 481 g/mol. The van der Waals surface area contributed by atoms with Gasteiger partial charge in [0.1, 0.15) is 16.7 Å². The SMILES string of the molecule is CNC(=O)c1c(-c2ccc(F)cc2)oc2nc(Cl)c(-c3cccc(C(=O)OCC(C)C)c3)cc12. The van der Waals surface area contributed by atoms with Crippen molar-refractivity contribution in [3.05, 3.63) is 76.7 Å². The van der Waals surface area contributed by atoms with Gasteiger partial charge in [-0.1, -0.05) is 37.6 Å². The molecule has 1 N–H and O–H groups in total. The minimum absolute atomic E-state index is 0.142. The van der Waals surface area contributed by atoms with Gasteiger partial charge in [0, 0.05) is 18.2 Å². The van der Waals surface area contributed by atoms with Crippen LogP contribution in [0.4, 0.5) is 4.39 Å². The number of rotatable bonds is 6.